The fourth-order valence-corrected chi connectivity index (χ4v) is 11.4. The van der Waals surface area contributed by atoms with Crippen molar-refractivity contribution in [3.8, 4) is 0 Å². The highest BCUT2D eigenvalue weighted by atomic mass is 32.2. The number of ether oxygens (including phenoxy) is 3. The van der Waals surface area contributed by atoms with Crippen LogP contribution in [0.2, 0.25) is 0 Å². The van der Waals surface area contributed by atoms with Crippen LogP contribution in [0.1, 0.15) is 60.8 Å². The first-order valence-corrected chi connectivity index (χ1v) is 17.2. The number of β-lactam (4-membered cyclic amide) rings is 2. The van der Waals surface area contributed by atoms with Crippen LogP contribution in [0.25, 0.3) is 0 Å². The third-order valence-electron chi connectivity index (χ3n) is 9.64. The number of hydrogen-bond acceptors (Lipinski definition) is 13. The van der Waals surface area contributed by atoms with Gasteiger partial charge in [-0.1, -0.05) is 0 Å². The number of sulfone groups is 2. The van der Waals surface area contributed by atoms with Gasteiger partial charge in [-0.3, -0.25) is 19.3 Å². The van der Waals surface area contributed by atoms with Crippen LogP contribution >= 0.6 is 0 Å². The van der Waals surface area contributed by atoms with Gasteiger partial charge >= 0.3 is 17.9 Å². The average molecular weight is 648 g/mol. The van der Waals surface area contributed by atoms with E-state index in [2.05, 4.69) is 0 Å². The molecule has 5 heterocycles. The lowest BCUT2D eigenvalue weighted by Crippen LogP contribution is -2.65. The Balaban J connectivity index is 1.22. The van der Waals surface area contributed by atoms with Gasteiger partial charge in [0.15, 0.2) is 25.0 Å². The van der Waals surface area contributed by atoms with E-state index in [1.807, 2.05) is 18.7 Å². The van der Waals surface area contributed by atoms with Gasteiger partial charge in [0.2, 0.25) is 18.6 Å². The van der Waals surface area contributed by atoms with E-state index in [4.69, 9.17) is 14.2 Å². The topological polar surface area (TPSA) is 191 Å². The lowest BCUT2D eigenvalue weighted by Gasteiger charge is -2.42. The number of fused-ring (bicyclic) bond motifs is 2. The molecule has 0 unspecified atom stereocenters. The first kappa shape index (κ1) is 31.6. The maximum atomic E-state index is 13.5. The van der Waals surface area contributed by atoms with E-state index >= 15 is 0 Å². The molecule has 0 aliphatic carbocycles. The molecule has 43 heavy (non-hydrogen) atoms. The van der Waals surface area contributed by atoms with Gasteiger partial charge in [-0.25, -0.2) is 26.4 Å². The Labute approximate surface area is 250 Å². The van der Waals surface area contributed by atoms with Gasteiger partial charge < -0.3 is 24.0 Å². The lowest BCUT2D eigenvalue weighted by molar-refractivity contribution is -0.183. The third-order valence-corrected chi connectivity index (χ3v) is 15.3. The van der Waals surface area contributed by atoms with Gasteiger partial charge in [-0.05, 0) is 60.9 Å². The molecule has 0 bridgehead atoms. The van der Waals surface area contributed by atoms with Crippen LogP contribution in [0.15, 0.2) is 0 Å². The minimum Gasteiger partial charge on any atom is -0.464 e. The molecule has 15 nitrogen and oxygen atoms in total. The second-order valence-electron chi connectivity index (χ2n) is 13.0. The highest BCUT2D eigenvalue weighted by Gasteiger charge is 2.73. The normalized spacial score (nSPS) is 34.7. The minimum atomic E-state index is -4.14. The molecular formula is C26H37N3O12S2. The zero-order chi connectivity index (χ0) is 32.0. The summed E-state index contributed by atoms with van der Waals surface area (Å²) in [5.74, 6) is -5.20. The number of hydrogen-bond donors (Lipinski definition) is 0. The van der Waals surface area contributed by atoms with Crippen molar-refractivity contribution in [3.05, 3.63) is 0 Å². The second kappa shape index (κ2) is 10.1. The molecule has 6 atom stereocenters. The maximum Gasteiger partial charge on any atom is 0.333 e. The molecular weight excluding hydrogens is 610 g/mol. The summed E-state index contributed by atoms with van der Waals surface area (Å²) in [6, 6.07) is -3.40. The largest absolute Gasteiger partial charge is 0.464 e. The fourth-order valence-electron chi connectivity index (χ4n) is 6.98. The molecule has 0 saturated carbocycles. The van der Waals surface area contributed by atoms with E-state index in [0.29, 0.717) is 6.42 Å². The van der Waals surface area contributed by atoms with E-state index in [0.717, 1.165) is 22.8 Å². The maximum absolute atomic E-state index is 13.5. The lowest BCUT2D eigenvalue weighted by atomic mass is 9.92. The number of esters is 3. The van der Waals surface area contributed by atoms with E-state index in [1.54, 1.807) is 0 Å². The van der Waals surface area contributed by atoms with Crippen LogP contribution in [0.3, 0.4) is 0 Å². The Morgan fingerprint density at radius 2 is 1.42 bits per heavy atom. The number of amides is 2. The van der Waals surface area contributed by atoms with Gasteiger partial charge in [0.25, 0.3) is 0 Å². The van der Waals surface area contributed by atoms with Crippen molar-refractivity contribution >= 4 is 49.4 Å². The van der Waals surface area contributed by atoms with Crippen LogP contribution < -0.4 is 0 Å². The molecule has 0 spiro atoms. The molecule has 0 N–H and O–H groups in total. The summed E-state index contributed by atoms with van der Waals surface area (Å²) in [6.07, 6.45) is 1.17. The predicted molar refractivity (Wildman–Crippen MR) is 146 cm³/mol. The SMILES string of the molecule is CC(C)N1CCC[C@H]1C(=O)OC[C@H]1C(=O)N2[C@@H](C(=O)OCOC(=O)[C@@H]3N4C(=O)C[C@H]4S(=O)(=O)C3(C)C)C(C)(C)S(=O)(=O)[C@H]12. The average Bonchev–Trinajstić information content (AvgIpc) is 3.48. The van der Waals surface area contributed by atoms with E-state index < -0.39 is 107 Å². The van der Waals surface area contributed by atoms with Gasteiger partial charge in [0.05, 0.1) is 15.9 Å². The molecule has 5 rings (SSSR count). The summed E-state index contributed by atoms with van der Waals surface area (Å²) in [5.41, 5.74) is 0. The van der Waals surface area contributed by atoms with Gasteiger partial charge in [0.1, 0.15) is 36.0 Å². The summed E-state index contributed by atoms with van der Waals surface area (Å²) in [7, 11) is -8.01. The molecule has 0 aromatic heterocycles. The third kappa shape index (κ3) is 4.31. The number of rotatable bonds is 8. The van der Waals surface area contributed by atoms with Crippen LogP contribution in [0, 0.1) is 5.92 Å². The molecule has 5 aliphatic rings. The summed E-state index contributed by atoms with van der Waals surface area (Å²) in [6.45, 7) is 8.34. The summed E-state index contributed by atoms with van der Waals surface area (Å²) >= 11 is 0. The summed E-state index contributed by atoms with van der Waals surface area (Å²) in [4.78, 5) is 67.7. The molecule has 5 aliphatic heterocycles. The number of carbonyl (C=O) groups is 5. The predicted octanol–water partition coefficient (Wildman–Crippen LogP) is -1.06. The molecule has 5 fully saturated rings. The number of likely N-dealkylation sites (tertiary alicyclic amines) is 1. The minimum absolute atomic E-state index is 0.107. The highest BCUT2D eigenvalue weighted by Crippen LogP contribution is 2.49. The van der Waals surface area contributed by atoms with E-state index in [1.165, 1.54) is 27.7 Å². The van der Waals surface area contributed by atoms with Crippen molar-refractivity contribution in [2.45, 2.75) is 105 Å². The van der Waals surface area contributed by atoms with Crippen molar-refractivity contribution < 1.29 is 55.0 Å². The molecule has 0 radical (unpaired) electrons. The number of nitrogens with zero attached hydrogens (tertiary/aromatic N) is 3. The first-order valence-electron chi connectivity index (χ1n) is 14.2. The standard InChI is InChI=1S/C26H37N3O12S2/c1-13(2)27-9-7-8-15(27)22(32)39-11-14-20(31)29-19(26(5,6)43(37,38)21(14)29)24(34)41-12-40-23(33)18-25(3,4)42(35,36)17-10-16(30)28(17)18/h13-15,17-19,21H,7-12H2,1-6H3/t14-,15-,17+,18-,19-,21+/m0/s1. The molecule has 240 valence electrons. The summed E-state index contributed by atoms with van der Waals surface area (Å²) < 4.78 is 64.4. The Bertz CT molecular complexity index is 1490. The number of carbonyl (C=O) groups excluding carboxylic acids is 5. The smallest absolute Gasteiger partial charge is 0.333 e. The Morgan fingerprint density at radius 3 is 1.98 bits per heavy atom. The van der Waals surface area contributed by atoms with Crippen LogP contribution in [0.5, 0.6) is 0 Å². The molecule has 17 heteroatoms. The van der Waals surface area contributed by atoms with Crippen LogP contribution in [-0.4, -0.2) is 126 Å². The van der Waals surface area contributed by atoms with Crippen LogP contribution in [-0.2, 0) is 57.9 Å². The zero-order valence-corrected chi connectivity index (χ0v) is 26.5. The van der Waals surface area contributed by atoms with Gasteiger partial charge in [-0.2, -0.15) is 0 Å². The van der Waals surface area contributed by atoms with E-state index in [9.17, 15) is 40.8 Å². The van der Waals surface area contributed by atoms with Crippen molar-refractivity contribution in [2.24, 2.45) is 5.92 Å². The fraction of sp³-hybridized carbons (Fsp3) is 0.808. The zero-order valence-electron chi connectivity index (χ0n) is 24.8. The monoisotopic (exact) mass is 647 g/mol. The summed E-state index contributed by atoms with van der Waals surface area (Å²) in [5, 5.41) is -2.54. The van der Waals surface area contributed by atoms with E-state index in [-0.39, 0.29) is 12.5 Å². The molecule has 5 saturated heterocycles. The molecule has 0 aromatic rings. The van der Waals surface area contributed by atoms with Crippen molar-refractivity contribution in [3.63, 3.8) is 0 Å². The Hall–Kier alpha value is -2.79. The van der Waals surface area contributed by atoms with Gasteiger partial charge in [-0.15, -0.1) is 0 Å². The van der Waals surface area contributed by atoms with Crippen molar-refractivity contribution in [2.75, 3.05) is 19.9 Å². The second-order valence-corrected chi connectivity index (χ2v) is 18.3. The highest BCUT2D eigenvalue weighted by molar-refractivity contribution is 7.94. The Morgan fingerprint density at radius 1 is 0.860 bits per heavy atom. The quantitative estimate of drug-likeness (QED) is 0.176. The first-order chi connectivity index (χ1) is 19.8. The molecule has 2 amide bonds. The molecule has 0 aromatic carbocycles. The van der Waals surface area contributed by atoms with Crippen molar-refractivity contribution in [1.29, 1.82) is 0 Å². The van der Waals surface area contributed by atoms with Crippen molar-refractivity contribution in [1.82, 2.24) is 14.7 Å². The van der Waals surface area contributed by atoms with Gasteiger partial charge in [0, 0.05) is 6.04 Å². The van der Waals surface area contributed by atoms with Crippen LogP contribution in [0.4, 0.5) is 0 Å². The Kier molecular flexibility index (Phi) is 7.44.